The van der Waals surface area contributed by atoms with Crippen molar-refractivity contribution in [2.75, 3.05) is 19.5 Å². The molecule has 0 radical (unpaired) electrons. The zero-order valence-corrected chi connectivity index (χ0v) is 13.3. The van der Waals surface area contributed by atoms with E-state index in [1.807, 2.05) is 37.4 Å². The molecule has 0 saturated carbocycles. The minimum absolute atomic E-state index is 0.124. The van der Waals surface area contributed by atoms with Crippen molar-refractivity contribution >= 4 is 17.5 Å². The number of allylic oxidation sites excluding steroid dienone is 1. The van der Waals surface area contributed by atoms with E-state index in [2.05, 4.69) is 10.3 Å². The van der Waals surface area contributed by atoms with Crippen molar-refractivity contribution in [2.45, 2.75) is 6.29 Å². The third-order valence-corrected chi connectivity index (χ3v) is 3.71. The molecule has 0 aliphatic carbocycles. The van der Waals surface area contributed by atoms with Crippen molar-refractivity contribution < 1.29 is 13.5 Å². The van der Waals surface area contributed by atoms with Crippen LogP contribution in [0.25, 0.3) is 5.57 Å². The lowest BCUT2D eigenvalue weighted by Gasteiger charge is -2.29. The maximum absolute atomic E-state index is 14.2. The predicted molar refractivity (Wildman–Crippen MR) is 91.0 cm³/mol. The number of hydrogen-bond acceptors (Lipinski definition) is 4. The van der Waals surface area contributed by atoms with Gasteiger partial charge in [0.1, 0.15) is 5.82 Å². The van der Waals surface area contributed by atoms with Crippen LogP contribution >= 0.6 is 0 Å². The van der Waals surface area contributed by atoms with Gasteiger partial charge in [-0.1, -0.05) is 18.2 Å². The second-order valence-electron chi connectivity index (χ2n) is 5.38. The van der Waals surface area contributed by atoms with E-state index in [1.165, 1.54) is 13.3 Å². The standard InChI is InChI=1S/C18H17F2N3O/c1-23-11-12(14-8-16(20)17(24-2)9-15(14)19)10-21-18(23)22-13-6-4-3-5-7-13/h3-11,18,22H,1-2H3. The van der Waals surface area contributed by atoms with Crippen LogP contribution in [0.1, 0.15) is 5.56 Å². The van der Waals surface area contributed by atoms with Crippen LogP contribution in [0.2, 0.25) is 0 Å². The molecule has 1 aliphatic rings. The van der Waals surface area contributed by atoms with Crippen LogP contribution < -0.4 is 10.1 Å². The summed E-state index contributed by atoms with van der Waals surface area (Å²) in [5, 5.41) is 3.24. The normalized spacial score (nSPS) is 16.8. The summed E-state index contributed by atoms with van der Waals surface area (Å²) in [5.74, 6) is -1.30. The van der Waals surface area contributed by atoms with Crippen LogP contribution in [0.3, 0.4) is 0 Å². The molecule has 6 heteroatoms. The van der Waals surface area contributed by atoms with Crippen LogP contribution in [0.15, 0.2) is 53.7 Å². The Hall–Kier alpha value is -2.89. The molecule has 24 heavy (non-hydrogen) atoms. The smallest absolute Gasteiger partial charge is 0.195 e. The number of ether oxygens (including phenoxy) is 1. The Labute approximate surface area is 139 Å². The van der Waals surface area contributed by atoms with Gasteiger partial charge in [-0.2, -0.15) is 0 Å². The van der Waals surface area contributed by atoms with E-state index in [9.17, 15) is 8.78 Å². The predicted octanol–water partition coefficient (Wildman–Crippen LogP) is 3.73. The highest BCUT2D eigenvalue weighted by Gasteiger charge is 2.19. The molecule has 0 amide bonds. The Kier molecular flexibility index (Phi) is 4.46. The number of nitrogens with zero attached hydrogens (tertiary/aromatic N) is 2. The minimum atomic E-state index is -0.615. The molecule has 1 unspecified atom stereocenters. The quantitative estimate of drug-likeness (QED) is 0.929. The fourth-order valence-electron chi connectivity index (χ4n) is 2.45. The molecule has 4 nitrogen and oxygen atoms in total. The lowest BCUT2D eigenvalue weighted by atomic mass is 10.1. The second kappa shape index (κ2) is 6.70. The van der Waals surface area contributed by atoms with Crippen molar-refractivity contribution in [3.8, 4) is 5.75 Å². The van der Waals surface area contributed by atoms with Crippen molar-refractivity contribution in [2.24, 2.45) is 4.99 Å². The molecule has 1 heterocycles. The Morgan fingerprint density at radius 2 is 1.88 bits per heavy atom. The molecule has 0 saturated heterocycles. The Morgan fingerprint density at radius 3 is 2.54 bits per heavy atom. The fraction of sp³-hybridized carbons (Fsp3) is 0.167. The fourth-order valence-corrected chi connectivity index (χ4v) is 2.45. The monoisotopic (exact) mass is 329 g/mol. The summed E-state index contributed by atoms with van der Waals surface area (Å²) in [6.07, 6.45) is 2.94. The molecule has 1 atom stereocenters. The van der Waals surface area contributed by atoms with Crippen LogP contribution in [0.4, 0.5) is 14.5 Å². The Morgan fingerprint density at radius 1 is 1.12 bits per heavy atom. The van der Waals surface area contributed by atoms with E-state index in [0.717, 1.165) is 17.8 Å². The van der Waals surface area contributed by atoms with Crippen LogP contribution in [0, 0.1) is 11.6 Å². The SMILES string of the molecule is COc1cc(F)c(C2=CN(C)C(Nc3ccccc3)N=C2)cc1F. The number of benzene rings is 2. The summed E-state index contributed by atoms with van der Waals surface area (Å²) in [6.45, 7) is 0. The Balaban J connectivity index is 1.82. The summed E-state index contributed by atoms with van der Waals surface area (Å²) in [6, 6.07) is 11.8. The molecule has 0 spiro atoms. The van der Waals surface area contributed by atoms with Crippen molar-refractivity contribution in [3.05, 3.63) is 65.9 Å². The molecule has 2 aromatic carbocycles. The highest BCUT2D eigenvalue weighted by Crippen LogP contribution is 2.27. The van der Waals surface area contributed by atoms with Gasteiger partial charge in [0.05, 0.1) is 7.11 Å². The average molecular weight is 329 g/mol. The average Bonchev–Trinajstić information content (AvgIpc) is 2.59. The molecule has 1 N–H and O–H groups in total. The molecule has 0 bridgehead atoms. The van der Waals surface area contributed by atoms with Crippen molar-refractivity contribution in [3.63, 3.8) is 0 Å². The van der Waals surface area contributed by atoms with E-state index in [0.29, 0.717) is 5.57 Å². The first kappa shape index (κ1) is 16.0. The maximum Gasteiger partial charge on any atom is 0.195 e. The van der Waals surface area contributed by atoms with E-state index >= 15 is 0 Å². The number of hydrogen-bond donors (Lipinski definition) is 1. The number of halogens is 2. The van der Waals surface area contributed by atoms with Gasteiger partial charge >= 0.3 is 0 Å². The maximum atomic E-state index is 14.2. The van der Waals surface area contributed by atoms with E-state index < -0.39 is 11.6 Å². The Bertz CT molecular complexity index is 790. The van der Waals surface area contributed by atoms with Gasteiger partial charge in [-0.3, -0.25) is 0 Å². The lowest BCUT2D eigenvalue weighted by Crippen LogP contribution is -2.35. The highest BCUT2D eigenvalue weighted by molar-refractivity contribution is 6.10. The van der Waals surface area contributed by atoms with Crippen LogP contribution in [-0.4, -0.2) is 31.6 Å². The van der Waals surface area contributed by atoms with E-state index in [4.69, 9.17) is 4.74 Å². The first-order valence-electron chi connectivity index (χ1n) is 7.40. The first-order valence-corrected chi connectivity index (χ1v) is 7.40. The molecule has 2 aromatic rings. The zero-order chi connectivity index (χ0) is 17.1. The molecule has 1 aliphatic heterocycles. The summed E-state index contributed by atoms with van der Waals surface area (Å²) in [7, 11) is 3.11. The molecule has 0 fully saturated rings. The van der Waals surface area contributed by atoms with Crippen molar-refractivity contribution in [1.29, 1.82) is 0 Å². The summed E-state index contributed by atoms with van der Waals surface area (Å²) < 4.78 is 32.8. The van der Waals surface area contributed by atoms with Gasteiger partial charge in [-0.15, -0.1) is 0 Å². The third kappa shape index (κ3) is 3.22. The van der Waals surface area contributed by atoms with Gasteiger partial charge in [0.2, 0.25) is 0 Å². The van der Waals surface area contributed by atoms with Gasteiger partial charge in [0.15, 0.2) is 17.9 Å². The minimum Gasteiger partial charge on any atom is -0.494 e. The summed E-state index contributed by atoms with van der Waals surface area (Å²) in [4.78, 5) is 6.17. The van der Waals surface area contributed by atoms with Gasteiger partial charge in [-0.25, -0.2) is 13.8 Å². The second-order valence-corrected chi connectivity index (χ2v) is 5.38. The van der Waals surface area contributed by atoms with Gasteiger partial charge in [0.25, 0.3) is 0 Å². The summed E-state index contributed by atoms with van der Waals surface area (Å²) in [5.41, 5.74) is 1.55. The topological polar surface area (TPSA) is 36.9 Å². The molecule has 3 rings (SSSR count). The largest absolute Gasteiger partial charge is 0.494 e. The lowest BCUT2D eigenvalue weighted by molar-refractivity contribution is 0.371. The first-order chi connectivity index (χ1) is 11.6. The van der Waals surface area contributed by atoms with Gasteiger partial charge < -0.3 is 15.0 Å². The molecular weight excluding hydrogens is 312 g/mol. The van der Waals surface area contributed by atoms with Crippen LogP contribution in [-0.2, 0) is 0 Å². The summed E-state index contributed by atoms with van der Waals surface area (Å²) >= 11 is 0. The molecule has 0 aromatic heterocycles. The van der Waals surface area contributed by atoms with Crippen LogP contribution in [0.5, 0.6) is 5.75 Å². The zero-order valence-electron chi connectivity index (χ0n) is 13.3. The van der Waals surface area contributed by atoms with E-state index in [1.54, 1.807) is 11.1 Å². The number of anilines is 1. The number of nitrogens with one attached hydrogen (secondary N) is 1. The number of para-hydroxylation sites is 1. The number of methoxy groups -OCH3 is 1. The molecular formula is C18H17F2N3O. The van der Waals surface area contributed by atoms with Crippen molar-refractivity contribution in [1.82, 2.24) is 4.90 Å². The number of aliphatic imine (C=N–C) groups is 1. The van der Waals surface area contributed by atoms with Gasteiger partial charge in [-0.05, 0) is 18.2 Å². The third-order valence-electron chi connectivity index (χ3n) is 3.71. The molecule has 124 valence electrons. The van der Waals surface area contributed by atoms with Gasteiger partial charge in [0, 0.05) is 42.4 Å². The highest BCUT2D eigenvalue weighted by atomic mass is 19.1. The van der Waals surface area contributed by atoms with E-state index in [-0.39, 0.29) is 17.6 Å². The number of rotatable bonds is 4.